The molecule has 2 aromatic rings. The van der Waals surface area contributed by atoms with E-state index in [1.807, 2.05) is 18.2 Å². The predicted octanol–water partition coefficient (Wildman–Crippen LogP) is -0.440. The first-order chi connectivity index (χ1) is 11.5. The van der Waals surface area contributed by atoms with Crippen molar-refractivity contribution >= 4 is 17.9 Å². The van der Waals surface area contributed by atoms with Crippen molar-refractivity contribution < 1.29 is 15.0 Å². The highest BCUT2D eigenvalue weighted by Crippen LogP contribution is 2.14. The minimum absolute atomic E-state index is 0.0265. The van der Waals surface area contributed by atoms with Crippen molar-refractivity contribution in [3.8, 4) is 5.88 Å². The molecule has 0 saturated carbocycles. The number of carboxylic acids is 1. The van der Waals surface area contributed by atoms with E-state index in [4.69, 9.17) is 10.5 Å². The van der Waals surface area contributed by atoms with Gasteiger partial charge < -0.3 is 10.2 Å². The molecule has 8 nitrogen and oxygen atoms in total. The lowest BCUT2D eigenvalue weighted by molar-refractivity contribution is -0.137. The largest absolute Gasteiger partial charge is 0.494 e. The van der Waals surface area contributed by atoms with Gasteiger partial charge in [0, 0.05) is 0 Å². The van der Waals surface area contributed by atoms with Crippen molar-refractivity contribution in [1.82, 2.24) is 9.99 Å². The van der Waals surface area contributed by atoms with E-state index in [-0.39, 0.29) is 34.9 Å². The molecular weight excluding hydrogens is 312 g/mol. The van der Waals surface area contributed by atoms with Gasteiger partial charge in [0.1, 0.15) is 10.9 Å². The highest BCUT2D eigenvalue weighted by atomic mass is 16.4. The number of carbonyl (C=O) groups is 1. The lowest BCUT2D eigenvalue weighted by Crippen LogP contribution is -2.42. The van der Waals surface area contributed by atoms with Crippen LogP contribution in [0.3, 0.4) is 0 Å². The number of hydrogen-bond donors (Lipinski definition) is 4. The van der Waals surface area contributed by atoms with E-state index in [0.29, 0.717) is 0 Å². The van der Waals surface area contributed by atoms with Crippen LogP contribution in [0.15, 0.2) is 40.2 Å². The van der Waals surface area contributed by atoms with Crippen LogP contribution in [0.25, 0.3) is 6.08 Å². The Morgan fingerprint density at radius 3 is 2.71 bits per heavy atom. The van der Waals surface area contributed by atoms with Crippen molar-refractivity contribution in [3.63, 3.8) is 0 Å². The number of H-pyrrole nitrogens is 1. The van der Waals surface area contributed by atoms with E-state index < -0.39 is 17.4 Å². The number of pyridine rings is 1. The first kappa shape index (κ1) is 15.5. The second-order valence-electron chi connectivity index (χ2n) is 5.21. The smallest absolute Gasteiger partial charge is 0.305 e. The second-order valence-corrected chi connectivity index (χ2v) is 5.21. The SMILES string of the molecule is N=C1c2c(O)[nH]c(=O)/c(=C/c3ccccc3)c2=NN1CCC(=O)O. The molecular formula is C16H14N4O4. The summed E-state index contributed by atoms with van der Waals surface area (Å²) in [5.74, 6) is -1.63. The molecule has 1 aromatic carbocycles. The average molecular weight is 326 g/mol. The molecule has 0 aliphatic carbocycles. The Balaban J connectivity index is 2.19. The molecule has 0 atom stereocenters. The van der Waals surface area contributed by atoms with E-state index in [2.05, 4.69) is 10.1 Å². The van der Waals surface area contributed by atoms with Gasteiger partial charge in [-0.3, -0.25) is 20.0 Å². The van der Waals surface area contributed by atoms with Crippen LogP contribution in [-0.2, 0) is 4.79 Å². The summed E-state index contributed by atoms with van der Waals surface area (Å²) in [5.41, 5.74) is 0.315. The van der Waals surface area contributed by atoms with Gasteiger partial charge in [0.15, 0.2) is 5.84 Å². The number of aromatic hydroxyl groups is 1. The zero-order valence-corrected chi connectivity index (χ0v) is 12.5. The lowest BCUT2D eigenvalue weighted by Gasteiger charge is -2.12. The van der Waals surface area contributed by atoms with Gasteiger partial charge in [-0.25, -0.2) is 5.01 Å². The van der Waals surface area contributed by atoms with Crippen LogP contribution < -0.4 is 16.1 Å². The standard InChI is InChI=1S/C16H14N4O4/c17-14-12-13(19-20(14)7-6-11(21)22)10(15(23)18-16(12)24)8-9-4-2-1-3-5-9/h1-5,8,17,24H,6-7H2,(H,18,23)(H,21,22)/b10-8+,17-14?. The molecule has 1 aliphatic heterocycles. The van der Waals surface area contributed by atoms with Crippen molar-refractivity contribution in [3.05, 3.63) is 62.4 Å². The molecule has 2 heterocycles. The van der Waals surface area contributed by atoms with Crippen molar-refractivity contribution in [1.29, 1.82) is 5.41 Å². The van der Waals surface area contributed by atoms with Gasteiger partial charge in [0.2, 0.25) is 5.88 Å². The van der Waals surface area contributed by atoms with Crippen LogP contribution >= 0.6 is 0 Å². The molecule has 24 heavy (non-hydrogen) atoms. The third kappa shape index (κ3) is 2.76. The minimum Gasteiger partial charge on any atom is -0.494 e. The Morgan fingerprint density at radius 1 is 1.33 bits per heavy atom. The molecule has 0 unspecified atom stereocenters. The average Bonchev–Trinajstić information content (AvgIpc) is 2.87. The van der Waals surface area contributed by atoms with Gasteiger partial charge in [-0.2, -0.15) is 5.10 Å². The molecule has 122 valence electrons. The fourth-order valence-electron chi connectivity index (χ4n) is 2.43. The molecule has 3 rings (SSSR count). The number of hydrogen-bond acceptors (Lipinski definition) is 5. The number of rotatable bonds is 4. The molecule has 0 saturated heterocycles. The monoisotopic (exact) mass is 326 g/mol. The predicted molar refractivity (Wildman–Crippen MR) is 85.3 cm³/mol. The number of carboxylic acid groups (broad SMARTS) is 1. The molecule has 1 aromatic heterocycles. The van der Waals surface area contributed by atoms with E-state index in [9.17, 15) is 14.7 Å². The Hall–Kier alpha value is -3.42. The quantitative estimate of drug-likeness (QED) is 0.605. The summed E-state index contributed by atoms with van der Waals surface area (Å²) in [6.07, 6.45) is 1.39. The molecule has 0 spiro atoms. The molecule has 8 heteroatoms. The summed E-state index contributed by atoms with van der Waals surface area (Å²) in [4.78, 5) is 25.2. The molecule has 0 fully saturated rings. The summed E-state index contributed by atoms with van der Waals surface area (Å²) in [5, 5.41) is 32.5. The normalized spacial score (nSPS) is 13.8. The maximum Gasteiger partial charge on any atom is 0.305 e. The first-order valence-corrected chi connectivity index (χ1v) is 7.16. The zero-order chi connectivity index (χ0) is 17.3. The first-order valence-electron chi connectivity index (χ1n) is 7.16. The van der Waals surface area contributed by atoms with Crippen molar-refractivity contribution in [2.45, 2.75) is 6.42 Å². The van der Waals surface area contributed by atoms with E-state index >= 15 is 0 Å². The van der Waals surface area contributed by atoms with Crippen molar-refractivity contribution in [2.75, 3.05) is 6.54 Å². The number of aromatic amines is 1. The van der Waals surface area contributed by atoms with Crippen LogP contribution in [-0.4, -0.2) is 38.6 Å². The van der Waals surface area contributed by atoms with E-state index in [0.717, 1.165) is 10.6 Å². The number of fused-ring (bicyclic) bond motifs is 1. The summed E-state index contributed by atoms with van der Waals surface area (Å²) >= 11 is 0. The van der Waals surface area contributed by atoms with E-state index in [1.54, 1.807) is 18.2 Å². The van der Waals surface area contributed by atoms with Gasteiger partial charge >= 0.3 is 5.97 Å². The van der Waals surface area contributed by atoms with Crippen LogP contribution in [0.4, 0.5) is 0 Å². The highest BCUT2D eigenvalue weighted by molar-refractivity contribution is 5.99. The van der Waals surface area contributed by atoms with Gasteiger partial charge in [-0.05, 0) is 11.6 Å². The third-order valence-corrected chi connectivity index (χ3v) is 3.57. The number of nitrogens with one attached hydrogen (secondary N) is 2. The number of benzene rings is 1. The minimum atomic E-state index is -1.02. The Labute approximate surface area is 135 Å². The van der Waals surface area contributed by atoms with Crippen LogP contribution in [0.2, 0.25) is 0 Å². The van der Waals surface area contributed by atoms with Gasteiger partial charge in [-0.1, -0.05) is 30.3 Å². The number of amidine groups is 1. The van der Waals surface area contributed by atoms with Crippen LogP contribution in [0.5, 0.6) is 5.88 Å². The van der Waals surface area contributed by atoms with Gasteiger partial charge in [-0.15, -0.1) is 0 Å². The fraction of sp³-hybridized carbons (Fsp3) is 0.125. The third-order valence-electron chi connectivity index (χ3n) is 3.57. The van der Waals surface area contributed by atoms with Gasteiger partial charge in [0.05, 0.1) is 18.2 Å². The fourth-order valence-corrected chi connectivity index (χ4v) is 2.43. The Kier molecular flexibility index (Phi) is 3.87. The number of nitrogens with zero attached hydrogens (tertiary/aromatic N) is 2. The van der Waals surface area contributed by atoms with E-state index in [1.165, 1.54) is 0 Å². The number of aromatic nitrogens is 1. The lowest BCUT2D eigenvalue weighted by atomic mass is 10.1. The van der Waals surface area contributed by atoms with Crippen LogP contribution in [0, 0.1) is 5.41 Å². The number of aliphatic carboxylic acids is 1. The summed E-state index contributed by atoms with van der Waals surface area (Å²) in [6.45, 7) is -0.0265. The summed E-state index contributed by atoms with van der Waals surface area (Å²) in [6, 6.07) is 9.09. The van der Waals surface area contributed by atoms with Crippen LogP contribution in [0.1, 0.15) is 17.5 Å². The summed E-state index contributed by atoms with van der Waals surface area (Å²) in [7, 11) is 0. The molecule has 0 radical (unpaired) electrons. The second kappa shape index (κ2) is 5.99. The molecule has 1 aliphatic rings. The Morgan fingerprint density at radius 2 is 2.04 bits per heavy atom. The molecule has 4 N–H and O–H groups in total. The summed E-state index contributed by atoms with van der Waals surface area (Å²) < 4.78 is 0. The highest BCUT2D eigenvalue weighted by Gasteiger charge is 2.25. The van der Waals surface area contributed by atoms with Gasteiger partial charge in [0.25, 0.3) is 5.56 Å². The topological polar surface area (TPSA) is 130 Å². The maximum absolute atomic E-state index is 12.2. The zero-order valence-electron chi connectivity index (χ0n) is 12.5. The van der Waals surface area contributed by atoms with Crippen molar-refractivity contribution in [2.24, 2.45) is 5.10 Å². The molecule has 0 amide bonds. The molecule has 0 bridgehead atoms. The Bertz CT molecular complexity index is 995. The maximum atomic E-state index is 12.2.